The summed E-state index contributed by atoms with van der Waals surface area (Å²) in [5.41, 5.74) is 0. The summed E-state index contributed by atoms with van der Waals surface area (Å²) < 4.78 is 0. The van der Waals surface area contributed by atoms with E-state index in [0.717, 1.165) is 18.2 Å². The number of rotatable bonds is 5. The van der Waals surface area contributed by atoms with E-state index in [1.165, 1.54) is 6.33 Å². The second-order valence-electron chi connectivity index (χ2n) is 3.43. The van der Waals surface area contributed by atoms with Crippen molar-refractivity contribution in [3.05, 3.63) is 12.4 Å². The van der Waals surface area contributed by atoms with Gasteiger partial charge in [0.05, 0.1) is 12.6 Å². The Labute approximate surface area is 90.2 Å². The molecule has 0 aliphatic rings. The molecule has 0 amide bonds. The quantitative estimate of drug-likeness (QED) is 0.750. The van der Waals surface area contributed by atoms with Gasteiger partial charge in [-0.05, 0) is 13.8 Å². The lowest BCUT2D eigenvalue weighted by molar-refractivity contribution is 0.270. The maximum Gasteiger partial charge on any atom is 0.134 e. The molecule has 1 unspecified atom stereocenters. The highest BCUT2D eigenvalue weighted by atomic mass is 16.3. The smallest absolute Gasteiger partial charge is 0.134 e. The van der Waals surface area contributed by atoms with E-state index < -0.39 is 0 Å². The first-order valence-corrected chi connectivity index (χ1v) is 5.08. The Balaban J connectivity index is 2.80. The highest BCUT2D eigenvalue weighted by Gasteiger charge is 2.10. The number of aliphatic hydroxyl groups excluding tert-OH is 1. The van der Waals surface area contributed by atoms with E-state index in [4.69, 9.17) is 5.11 Å². The van der Waals surface area contributed by atoms with Crippen molar-refractivity contribution in [3.8, 4) is 0 Å². The molecule has 1 rings (SSSR count). The van der Waals surface area contributed by atoms with Gasteiger partial charge in [-0.1, -0.05) is 0 Å². The minimum absolute atomic E-state index is 0.0503. The Morgan fingerprint density at radius 1 is 1.53 bits per heavy atom. The van der Waals surface area contributed by atoms with Gasteiger partial charge in [0.25, 0.3) is 0 Å². The molecule has 1 atom stereocenters. The van der Waals surface area contributed by atoms with E-state index >= 15 is 0 Å². The number of anilines is 2. The highest BCUT2D eigenvalue weighted by molar-refractivity contribution is 5.48. The van der Waals surface area contributed by atoms with Crippen molar-refractivity contribution in [3.63, 3.8) is 0 Å². The Morgan fingerprint density at radius 3 is 2.87 bits per heavy atom. The third kappa shape index (κ3) is 3.06. The number of aliphatic hydroxyl groups is 1. The minimum atomic E-state index is 0.0503. The molecule has 0 saturated heterocycles. The van der Waals surface area contributed by atoms with Gasteiger partial charge in [0.1, 0.15) is 18.0 Å². The zero-order valence-electron chi connectivity index (χ0n) is 9.44. The molecule has 0 fully saturated rings. The SMILES string of the molecule is CCNc1cc(N(C)C(C)CO)ncn1. The van der Waals surface area contributed by atoms with E-state index in [9.17, 15) is 0 Å². The second kappa shape index (κ2) is 5.50. The van der Waals surface area contributed by atoms with Gasteiger partial charge in [-0.2, -0.15) is 0 Å². The molecule has 84 valence electrons. The van der Waals surface area contributed by atoms with Crippen LogP contribution in [0, 0.1) is 0 Å². The standard InChI is InChI=1S/C10H18N4O/c1-4-11-9-5-10(13-7-12-9)14(3)8(2)6-15/h5,7-8,15H,4,6H2,1-3H3,(H,11,12,13). The molecule has 0 spiro atoms. The van der Waals surface area contributed by atoms with Crippen LogP contribution >= 0.6 is 0 Å². The summed E-state index contributed by atoms with van der Waals surface area (Å²) in [6, 6.07) is 1.92. The molecule has 1 aromatic rings. The molecule has 5 heteroatoms. The van der Waals surface area contributed by atoms with Crippen molar-refractivity contribution in [2.45, 2.75) is 19.9 Å². The van der Waals surface area contributed by atoms with E-state index in [0.29, 0.717) is 0 Å². The summed E-state index contributed by atoms with van der Waals surface area (Å²) in [5.74, 6) is 1.61. The first-order chi connectivity index (χ1) is 7.19. The lowest BCUT2D eigenvalue weighted by Crippen LogP contribution is -2.32. The number of aromatic nitrogens is 2. The molecular formula is C10H18N4O. The first kappa shape index (κ1) is 11.7. The number of hydrogen-bond acceptors (Lipinski definition) is 5. The fourth-order valence-corrected chi connectivity index (χ4v) is 1.17. The molecule has 0 bridgehead atoms. The summed E-state index contributed by atoms with van der Waals surface area (Å²) in [7, 11) is 1.90. The van der Waals surface area contributed by atoms with Crippen LogP contribution in [0.5, 0.6) is 0 Å². The maximum atomic E-state index is 9.04. The lowest BCUT2D eigenvalue weighted by Gasteiger charge is -2.24. The molecule has 0 aromatic carbocycles. The minimum Gasteiger partial charge on any atom is -0.394 e. The summed E-state index contributed by atoms with van der Waals surface area (Å²) in [6.45, 7) is 4.89. The Bertz CT molecular complexity index is 305. The summed E-state index contributed by atoms with van der Waals surface area (Å²) in [6.07, 6.45) is 1.52. The number of nitrogens with one attached hydrogen (secondary N) is 1. The average Bonchev–Trinajstić information content (AvgIpc) is 2.28. The van der Waals surface area contributed by atoms with Crippen LogP contribution in [0.2, 0.25) is 0 Å². The summed E-state index contributed by atoms with van der Waals surface area (Å²) in [4.78, 5) is 10.2. The van der Waals surface area contributed by atoms with Gasteiger partial charge in [-0.25, -0.2) is 9.97 Å². The van der Waals surface area contributed by atoms with Crippen molar-refractivity contribution < 1.29 is 5.11 Å². The Morgan fingerprint density at radius 2 is 2.27 bits per heavy atom. The lowest BCUT2D eigenvalue weighted by atomic mass is 10.3. The number of hydrogen-bond donors (Lipinski definition) is 2. The molecular weight excluding hydrogens is 192 g/mol. The zero-order chi connectivity index (χ0) is 11.3. The van der Waals surface area contributed by atoms with Crippen LogP contribution in [0.15, 0.2) is 12.4 Å². The Hall–Kier alpha value is -1.36. The van der Waals surface area contributed by atoms with E-state index in [2.05, 4.69) is 15.3 Å². The molecule has 1 aromatic heterocycles. The fourth-order valence-electron chi connectivity index (χ4n) is 1.17. The van der Waals surface area contributed by atoms with E-state index in [-0.39, 0.29) is 12.6 Å². The zero-order valence-corrected chi connectivity index (χ0v) is 9.44. The number of likely N-dealkylation sites (N-methyl/N-ethyl adjacent to an activating group) is 1. The van der Waals surface area contributed by atoms with Crippen LogP contribution in [-0.4, -0.2) is 41.3 Å². The molecule has 5 nitrogen and oxygen atoms in total. The van der Waals surface area contributed by atoms with Crippen molar-refractivity contribution in [2.24, 2.45) is 0 Å². The van der Waals surface area contributed by atoms with Gasteiger partial charge in [0.2, 0.25) is 0 Å². The summed E-state index contributed by atoms with van der Waals surface area (Å²) >= 11 is 0. The normalized spacial score (nSPS) is 12.3. The van der Waals surface area contributed by atoms with Gasteiger partial charge < -0.3 is 15.3 Å². The number of nitrogens with zero attached hydrogens (tertiary/aromatic N) is 3. The van der Waals surface area contributed by atoms with Crippen LogP contribution < -0.4 is 10.2 Å². The van der Waals surface area contributed by atoms with Crippen molar-refractivity contribution in [1.82, 2.24) is 9.97 Å². The predicted octanol–water partition coefficient (Wildman–Crippen LogP) is 0.725. The third-order valence-corrected chi connectivity index (χ3v) is 2.30. The first-order valence-electron chi connectivity index (χ1n) is 5.08. The predicted molar refractivity (Wildman–Crippen MR) is 61.1 cm³/mol. The molecule has 2 N–H and O–H groups in total. The molecule has 0 saturated carbocycles. The van der Waals surface area contributed by atoms with Gasteiger partial charge in [-0.3, -0.25) is 0 Å². The van der Waals surface area contributed by atoms with Crippen molar-refractivity contribution in [2.75, 3.05) is 30.4 Å². The van der Waals surface area contributed by atoms with Crippen LogP contribution in [0.4, 0.5) is 11.6 Å². The van der Waals surface area contributed by atoms with E-state index in [1.807, 2.05) is 31.9 Å². The molecule has 15 heavy (non-hydrogen) atoms. The highest BCUT2D eigenvalue weighted by Crippen LogP contribution is 2.14. The fraction of sp³-hybridized carbons (Fsp3) is 0.600. The molecule has 0 aliphatic heterocycles. The third-order valence-electron chi connectivity index (χ3n) is 2.30. The largest absolute Gasteiger partial charge is 0.394 e. The van der Waals surface area contributed by atoms with Gasteiger partial charge in [0.15, 0.2) is 0 Å². The maximum absolute atomic E-state index is 9.04. The van der Waals surface area contributed by atoms with Gasteiger partial charge in [-0.15, -0.1) is 0 Å². The summed E-state index contributed by atoms with van der Waals surface area (Å²) in [5, 5.41) is 12.2. The molecule has 1 heterocycles. The Kier molecular flexibility index (Phi) is 4.30. The van der Waals surface area contributed by atoms with Crippen LogP contribution in [0.25, 0.3) is 0 Å². The van der Waals surface area contributed by atoms with Gasteiger partial charge >= 0.3 is 0 Å². The van der Waals surface area contributed by atoms with Crippen LogP contribution in [-0.2, 0) is 0 Å². The van der Waals surface area contributed by atoms with Crippen molar-refractivity contribution in [1.29, 1.82) is 0 Å². The molecule has 0 aliphatic carbocycles. The van der Waals surface area contributed by atoms with E-state index in [1.54, 1.807) is 0 Å². The molecule has 0 radical (unpaired) electrons. The average molecular weight is 210 g/mol. The van der Waals surface area contributed by atoms with Crippen LogP contribution in [0.3, 0.4) is 0 Å². The van der Waals surface area contributed by atoms with Gasteiger partial charge in [0, 0.05) is 19.7 Å². The monoisotopic (exact) mass is 210 g/mol. The topological polar surface area (TPSA) is 61.3 Å². The van der Waals surface area contributed by atoms with Crippen LogP contribution in [0.1, 0.15) is 13.8 Å². The van der Waals surface area contributed by atoms with Crippen molar-refractivity contribution >= 4 is 11.6 Å². The second-order valence-corrected chi connectivity index (χ2v) is 3.43.